The van der Waals surface area contributed by atoms with Gasteiger partial charge in [-0.05, 0) is 31.5 Å². The number of imidazole rings is 1. The van der Waals surface area contributed by atoms with E-state index in [0.29, 0.717) is 0 Å². The van der Waals surface area contributed by atoms with Gasteiger partial charge in [-0.2, -0.15) is 0 Å². The van der Waals surface area contributed by atoms with Crippen LogP contribution in [0.1, 0.15) is 11.3 Å². The van der Waals surface area contributed by atoms with Crippen LogP contribution in [0.5, 0.6) is 0 Å². The van der Waals surface area contributed by atoms with Crippen molar-refractivity contribution in [2.75, 3.05) is 31.1 Å². The highest BCUT2D eigenvalue weighted by atomic mass is 15.3. The summed E-state index contributed by atoms with van der Waals surface area (Å²) in [6.07, 6.45) is 0. The summed E-state index contributed by atoms with van der Waals surface area (Å²) in [6, 6.07) is 14.9. The number of nitrogens with zero attached hydrogens (tertiary/aromatic N) is 3. The Kier molecular flexibility index (Phi) is 3.54. The molecule has 0 bridgehead atoms. The molecule has 0 radical (unpaired) electrons. The Morgan fingerprint density at radius 1 is 1.00 bits per heavy atom. The molecule has 4 heteroatoms. The fourth-order valence-corrected chi connectivity index (χ4v) is 3.47. The summed E-state index contributed by atoms with van der Waals surface area (Å²) < 4.78 is 2.31. The number of anilines is 1. The first-order chi connectivity index (χ1) is 11.2. The highest BCUT2D eigenvalue weighted by Crippen LogP contribution is 2.33. The summed E-state index contributed by atoms with van der Waals surface area (Å²) in [5, 5.41) is 3.44. The molecule has 1 N–H and O–H groups in total. The minimum atomic E-state index is 1.01. The number of pyridine rings is 1. The first-order valence-electron chi connectivity index (χ1n) is 8.25. The third kappa shape index (κ3) is 2.49. The van der Waals surface area contributed by atoms with Gasteiger partial charge in [-0.15, -0.1) is 0 Å². The lowest BCUT2D eigenvalue weighted by Gasteiger charge is -2.30. The summed E-state index contributed by atoms with van der Waals surface area (Å²) in [7, 11) is 0. The van der Waals surface area contributed by atoms with Crippen molar-refractivity contribution in [1.82, 2.24) is 14.7 Å². The maximum atomic E-state index is 4.98. The highest BCUT2D eigenvalue weighted by Gasteiger charge is 2.22. The zero-order chi connectivity index (χ0) is 15.8. The fourth-order valence-electron chi connectivity index (χ4n) is 3.47. The van der Waals surface area contributed by atoms with Crippen molar-refractivity contribution in [2.45, 2.75) is 13.8 Å². The number of fused-ring (bicyclic) bond motifs is 1. The molecule has 1 saturated heterocycles. The van der Waals surface area contributed by atoms with Crippen LogP contribution < -0.4 is 10.2 Å². The molecular formula is C19H22N4. The third-order valence-corrected chi connectivity index (χ3v) is 4.49. The topological polar surface area (TPSA) is 32.6 Å². The monoisotopic (exact) mass is 306 g/mol. The first-order valence-corrected chi connectivity index (χ1v) is 8.25. The van der Waals surface area contributed by atoms with Crippen LogP contribution in [0.2, 0.25) is 0 Å². The van der Waals surface area contributed by atoms with E-state index in [9.17, 15) is 0 Å². The molecule has 3 heterocycles. The van der Waals surface area contributed by atoms with E-state index in [4.69, 9.17) is 4.98 Å². The Morgan fingerprint density at radius 2 is 1.74 bits per heavy atom. The van der Waals surface area contributed by atoms with Crippen molar-refractivity contribution in [3.8, 4) is 11.3 Å². The zero-order valence-electron chi connectivity index (χ0n) is 13.7. The second-order valence-corrected chi connectivity index (χ2v) is 6.25. The molecule has 1 aliphatic rings. The summed E-state index contributed by atoms with van der Waals surface area (Å²) in [4.78, 5) is 7.44. The number of hydrogen-bond donors (Lipinski definition) is 1. The van der Waals surface area contributed by atoms with Crippen LogP contribution in [0.15, 0.2) is 42.5 Å². The van der Waals surface area contributed by atoms with Gasteiger partial charge in [0.1, 0.15) is 17.2 Å². The minimum absolute atomic E-state index is 1.01. The normalized spacial score (nSPS) is 15.3. The van der Waals surface area contributed by atoms with Crippen LogP contribution >= 0.6 is 0 Å². The van der Waals surface area contributed by atoms with Crippen LogP contribution in [-0.4, -0.2) is 35.6 Å². The molecule has 0 atom stereocenters. The molecule has 1 fully saturated rings. The molecule has 3 aromatic rings. The van der Waals surface area contributed by atoms with Crippen molar-refractivity contribution in [1.29, 1.82) is 0 Å². The van der Waals surface area contributed by atoms with Gasteiger partial charge in [0.15, 0.2) is 0 Å². The van der Waals surface area contributed by atoms with Gasteiger partial charge in [-0.1, -0.05) is 30.3 Å². The molecule has 4 nitrogen and oxygen atoms in total. The Morgan fingerprint density at radius 3 is 2.48 bits per heavy atom. The van der Waals surface area contributed by atoms with Crippen LogP contribution in [0.25, 0.3) is 16.9 Å². The van der Waals surface area contributed by atoms with E-state index in [1.165, 1.54) is 22.6 Å². The van der Waals surface area contributed by atoms with Crippen molar-refractivity contribution in [3.05, 3.63) is 53.7 Å². The lowest BCUT2D eigenvalue weighted by atomic mass is 10.1. The number of nitrogens with one attached hydrogen (secondary N) is 1. The number of aryl methyl sites for hydroxylation is 2. The number of piperazine rings is 1. The first kappa shape index (κ1) is 14.3. The van der Waals surface area contributed by atoms with Crippen molar-refractivity contribution in [3.63, 3.8) is 0 Å². The Hall–Kier alpha value is -2.33. The van der Waals surface area contributed by atoms with Gasteiger partial charge in [-0.3, -0.25) is 4.40 Å². The van der Waals surface area contributed by atoms with E-state index in [-0.39, 0.29) is 0 Å². The average molecular weight is 306 g/mol. The zero-order valence-corrected chi connectivity index (χ0v) is 13.7. The third-order valence-electron chi connectivity index (χ3n) is 4.49. The quantitative estimate of drug-likeness (QED) is 0.790. The lowest BCUT2D eigenvalue weighted by molar-refractivity contribution is 0.584. The predicted octanol–water partition coefficient (Wildman–Crippen LogP) is 3.03. The molecule has 23 heavy (non-hydrogen) atoms. The molecule has 0 aliphatic carbocycles. The summed E-state index contributed by atoms with van der Waals surface area (Å²) in [5.41, 5.74) is 5.80. The summed E-state index contributed by atoms with van der Waals surface area (Å²) in [5.74, 6) is 1.23. The number of hydrogen-bond acceptors (Lipinski definition) is 3. The van der Waals surface area contributed by atoms with Gasteiger partial charge in [0.2, 0.25) is 0 Å². The number of benzene rings is 1. The van der Waals surface area contributed by atoms with Gasteiger partial charge in [-0.25, -0.2) is 4.98 Å². The highest BCUT2D eigenvalue weighted by molar-refractivity contribution is 5.78. The molecule has 0 saturated carbocycles. The van der Waals surface area contributed by atoms with Crippen molar-refractivity contribution >= 4 is 11.5 Å². The van der Waals surface area contributed by atoms with Gasteiger partial charge in [0, 0.05) is 37.4 Å². The van der Waals surface area contributed by atoms with Crippen molar-refractivity contribution in [2.24, 2.45) is 0 Å². The van der Waals surface area contributed by atoms with Crippen LogP contribution in [0.4, 0.5) is 5.82 Å². The summed E-state index contributed by atoms with van der Waals surface area (Å²) in [6.45, 7) is 8.37. The number of aromatic nitrogens is 2. The maximum absolute atomic E-state index is 4.98. The SMILES string of the molecule is Cc1cc(C)n2c(N3CCNCC3)c(-c3ccccc3)nc2c1. The van der Waals surface area contributed by atoms with E-state index in [1.54, 1.807) is 0 Å². The molecule has 118 valence electrons. The van der Waals surface area contributed by atoms with E-state index in [1.807, 2.05) is 0 Å². The largest absolute Gasteiger partial charge is 0.353 e. The average Bonchev–Trinajstić information content (AvgIpc) is 2.96. The lowest BCUT2D eigenvalue weighted by Crippen LogP contribution is -2.44. The van der Waals surface area contributed by atoms with E-state index >= 15 is 0 Å². The van der Waals surface area contributed by atoms with E-state index in [2.05, 4.69) is 70.9 Å². The van der Waals surface area contributed by atoms with E-state index < -0.39 is 0 Å². The van der Waals surface area contributed by atoms with Crippen LogP contribution in [0, 0.1) is 13.8 Å². The smallest absolute Gasteiger partial charge is 0.141 e. The van der Waals surface area contributed by atoms with Gasteiger partial charge < -0.3 is 10.2 Å². The molecule has 0 unspecified atom stereocenters. The van der Waals surface area contributed by atoms with Gasteiger partial charge in [0.05, 0.1) is 0 Å². The maximum Gasteiger partial charge on any atom is 0.141 e. The molecular weight excluding hydrogens is 284 g/mol. The second-order valence-electron chi connectivity index (χ2n) is 6.25. The van der Waals surface area contributed by atoms with Gasteiger partial charge in [0.25, 0.3) is 0 Å². The second kappa shape index (κ2) is 5.70. The Labute approximate surface area is 136 Å². The predicted molar refractivity (Wildman–Crippen MR) is 95.2 cm³/mol. The Bertz CT molecular complexity index is 829. The van der Waals surface area contributed by atoms with Crippen molar-refractivity contribution < 1.29 is 0 Å². The molecule has 0 spiro atoms. The fraction of sp³-hybridized carbons (Fsp3) is 0.316. The van der Waals surface area contributed by atoms with Gasteiger partial charge >= 0.3 is 0 Å². The molecule has 0 amide bonds. The van der Waals surface area contributed by atoms with E-state index in [0.717, 1.165) is 37.5 Å². The Balaban J connectivity index is 1.99. The molecule has 2 aromatic heterocycles. The minimum Gasteiger partial charge on any atom is -0.353 e. The van der Waals surface area contributed by atoms with Crippen LogP contribution in [0.3, 0.4) is 0 Å². The summed E-state index contributed by atoms with van der Waals surface area (Å²) >= 11 is 0. The molecule has 4 rings (SSSR count). The number of rotatable bonds is 2. The standard InChI is InChI=1S/C19H22N4/c1-14-12-15(2)23-17(13-14)21-18(16-6-4-3-5-7-16)19(23)22-10-8-20-9-11-22/h3-7,12-13,20H,8-11H2,1-2H3. The molecule has 1 aromatic carbocycles. The van der Waals surface area contributed by atoms with Crippen LogP contribution in [-0.2, 0) is 0 Å². The molecule has 1 aliphatic heterocycles.